The van der Waals surface area contributed by atoms with Crippen molar-refractivity contribution in [3.05, 3.63) is 46.1 Å². The molecule has 1 N–H and O–H groups in total. The van der Waals surface area contributed by atoms with Gasteiger partial charge in [0.05, 0.1) is 12.8 Å². The normalized spacial score (nSPS) is 10.2. The van der Waals surface area contributed by atoms with Crippen molar-refractivity contribution in [3.8, 4) is 5.75 Å². The first-order chi connectivity index (χ1) is 8.60. The van der Waals surface area contributed by atoms with Crippen LogP contribution in [0.25, 0.3) is 0 Å². The minimum Gasteiger partial charge on any atom is -0.497 e. The molecule has 0 aliphatic rings. The molecule has 0 fully saturated rings. The van der Waals surface area contributed by atoms with Gasteiger partial charge in [0.15, 0.2) is 0 Å². The molecular formula is C14H15BrN2O. The number of hydrogen-bond acceptors (Lipinski definition) is 3. The summed E-state index contributed by atoms with van der Waals surface area (Å²) >= 11 is 3.44. The van der Waals surface area contributed by atoms with Crippen LogP contribution in [0.2, 0.25) is 0 Å². The van der Waals surface area contributed by atoms with Crippen molar-refractivity contribution in [1.82, 2.24) is 4.98 Å². The monoisotopic (exact) mass is 306 g/mol. The highest BCUT2D eigenvalue weighted by molar-refractivity contribution is 9.10. The van der Waals surface area contributed by atoms with Gasteiger partial charge in [0.2, 0.25) is 0 Å². The van der Waals surface area contributed by atoms with Crippen molar-refractivity contribution < 1.29 is 4.74 Å². The fourth-order valence-electron chi connectivity index (χ4n) is 1.61. The maximum Gasteiger partial charge on any atom is 0.130 e. The second kappa shape index (κ2) is 5.40. The molecule has 0 atom stereocenters. The molecule has 3 nitrogen and oxygen atoms in total. The lowest BCUT2D eigenvalue weighted by molar-refractivity contribution is 0.415. The molecule has 0 bridgehead atoms. The predicted molar refractivity (Wildman–Crippen MR) is 77.7 cm³/mol. The highest BCUT2D eigenvalue weighted by Crippen LogP contribution is 2.25. The van der Waals surface area contributed by atoms with Crippen LogP contribution in [-0.2, 0) is 0 Å². The molecule has 0 aliphatic heterocycles. The Kier molecular flexibility index (Phi) is 3.87. The Bertz CT molecular complexity index is 570. The van der Waals surface area contributed by atoms with Gasteiger partial charge in [-0.15, -0.1) is 0 Å². The van der Waals surface area contributed by atoms with E-state index in [4.69, 9.17) is 4.74 Å². The van der Waals surface area contributed by atoms with Crippen molar-refractivity contribution in [2.24, 2.45) is 0 Å². The number of halogens is 1. The zero-order chi connectivity index (χ0) is 13.1. The lowest BCUT2D eigenvalue weighted by atomic mass is 10.2. The molecule has 2 rings (SSSR count). The van der Waals surface area contributed by atoms with Crippen LogP contribution in [0, 0.1) is 13.8 Å². The topological polar surface area (TPSA) is 34.1 Å². The Morgan fingerprint density at radius 2 is 1.94 bits per heavy atom. The van der Waals surface area contributed by atoms with Crippen LogP contribution in [0.4, 0.5) is 11.5 Å². The third-order valence-electron chi connectivity index (χ3n) is 2.73. The number of methoxy groups -OCH3 is 1. The van der Waals surface area contributed by atoms with E-state index in [1.54, 1.807) is 7.11 Å². The highest BCUT2D eigenvalue weighted by atomic mass is 79.9. The Balaban J connectivity index is 2.30. The molecule has 1 heterocycles. The van der Waals surface area contributed by atoms with Gasteiger partial charge >= 0.3 is 0 Å². The van der Waals surface area contributed by atoms with E-state index in [2.05, 4.69) is 26.2 Å². The number of ether oxygens (including phenoxy) is 1. The first-order valence-electron chi connectivity index (χ1n) is 5.65. The Morgan fingerprint density at radius 3 is 2.61 bits per heavy atom. The summed E-state index contributed by atoms with van der Waals surface area (Å²) in [5.41, 5.74) is 3.11. The molecule has 18 heavy (non-hydrogen) atoms. The number of hydrogen-bond donors (Lipinski definition) is 1. The van der Waals surface area contributed by atoms with E-state index in [1.165, 1.54) is 0 Å². The second-order valence-corrected chi connectivity index (χ2v) is 4.92. The maximum absolute atomic E-state index is 5.22. The molecule has 1 aromatic heterocycles. The third kappa shape index (κ3) is 2.82. The Morgan fingerprint density at radius 1 is 1.17 bits per heavy atom. The first kappa shape index (κ1) is 12.9. The number of nitrogens with one attached hydrogen (secondary N) is 1. The molecule has 0 amide bonds. The van der Waals surface area contributed by atoms with E-state index < -0.39 is 0 Å². The van der Waals surface area contributed by atoms with E-state index in [0.29, 0.717) is 0 Å². The zero-order valence-electron chi connectivity index (χ0n) is 10.6. The second-order valence-electron chi connectivity index (χ2n) is 4.07. The largest absolute Gasteiger partial charge is 0.497 e. The van der Waals surface area contributed by atoms with E-state index in [9.17, 15) is 0 Å². The lowest BCUT2D eigenvalue weighted by Gasteiger charge is -2.11. The summed E-state index contributed by atoms with van der Waals surface area (Å²) in [5, 5.41) is 3.30. The highest BCUT2D eigenvalue weighted by Gasteiger charge is 2.03. The van der Waals surface area contributed by atoms with Gasteiger partial charge in [-0.25, -0.2) is 4.98 Å². The number of rotatable bonds is 3. The predicted octanol–water partition coefficient (Wildman–Crippen LogP) is 4.21. The van der Waals surface area contributed by atoms with Crippen LogP contribution in [0.3, 0.4) is 0 Å². The third-order valence-corrected chi connectivity index (χ3v) is 3.57. The summed E-state index contributed by atoms with van der Waals surface area (Å²) in [6, 6.07) is 9.86. The number of nitrogens with zero attached hydrogens (tertiary/aromatic N) is 1. The SMILES string of the molecule is COc1ccc(C)c(Nc2ccc(Br)c(C)n2)c1. The fourth-order valence-corrected chi connectivity index (χ4v) is 1.84. The molecule has 0 radical (unpaired) electrons. The molecule has 4 heteroatoms. The zero-order valence-corrected chi connectivity index (χ0v) is 12.2. The van der Waals surface area contributed by atoms with Crippen LogP contribution in [0.1, 0.15) is 11.3 Å². The molecule has 1 aromatic carbocycles. The average molecular weight is 307 g/mol. The van der Waals surface area contributed by atoms with Gasteiger partial charge < -0.3 is 10.1 Å². The summed E-state index contributed by atoms with van der Waals surface area (Å²) in [4.78, 5) is 4.47. The van der Waals surface area contributed by atoms with Gasteiger partial charge in [0, 0.05) is 16.2 Å². The number of aromatic nitrogens is 1. The first-order valence-corrected chi connectivity index (χ1v) is 6.44. The molecule has 2 aromatic rings. The molecule has 0 aliphatic carbocycles. The van der Waals surface area contributed by atoms with Gasteiger partial charge in [-0.05, 0) is 53.5 Å². The van der Waals surface area contributed by atoms with Gasteiger partial charge in [-0.2, -0.15) is 0 Å². The van der Waals surface area contributed by atoms with Crippen LogP contribution >= 0.6 is 15.9 Å². The van der Waals surface area contributed by atoms with E-state index >= 15 is 0 Å². The smallest absolute Gasteiger partial charge is 0.130 e. The average Bonchev–Trinajstić information content (AvgIpc) is 2.36. The number of anilines is 2. The fraction of sp³-hybridized carbons (Fsp3) is 0.214. The summed E-state index contributed by atoms with van der Waals surface area (Å²) in [7, 11) is 1.66. The van der Waals surface area contributed by atoms with Gasteiger partial charge in [-0.1, -0.05) is 6.07 Å². The molecular weight excluding hydrogens is 292 g/mol. The van der Waals surface area contributed by atoms with Gasteiger partial charge in [-0.3, -0.25) is 0 Å². The molecule has 94 valence electrons. The van der Waals surface area contributed by atoms with Crippen molar-refractivity contribution in [3.63, 3.8) is 0 Å². The number of aryl methyl sites for hydroxylation is 2. The van der Waals surface area contributed by atoms with Crippen LogP contribution in [-0.4, -0.2) is 12.1 Å². The maximum atomic E-state index is 5.22. The van der Waals surface area contributed by atoms with Crippen LogP contribution in [0.5, 0.6) is 5.75 Å². The quantitative estimate of drug-likeness (QED) is 0.922. The van der Waals surface area contributed by atoms with Crippen molar-refractivity contribution in [1.29, 1.82) is 0 Å². The van der Waals surface area contributed by atoms with Crippen LogP contribution < -0.4 is 10.1 Å². The van der Waals surface area contributed by atoms with E-state index in [-0.39, 0.29) is 0 Å². The van der Waals surface area contributed by atoms with Crippen molar-refractivity contribution in [2.75, 3.05) is 12.4 Å². The van der Waals surface area contributed by atoms with Gasteiger partial charge in [0.1, 0.15) is 11.6 Å². The van der Waals surface area contributed by atoms with Gasteiger partial charge in [0.25, 0.3) is 0 Å². The minimum absolute atomic E-state index is 0.826. The van der Waals surface area contributed by atoms with E-state index in [1.807, 2.05) is 44.2 Å². The summed E-state index contributed by atoms with van der Waals surface area (Å²) in [6.07, 6.45) is 0. The Labute approximate surface area is 115 Å². The van der Waals surface area contributed by atoms with E-state index in [0.717, 1.165) is 33.0 Å². The molecule has 0 saturated heterocycles. The number of benzene rings is 1. The lowest BCUT2D eigenvalue weighted by Crippen LogP contribution is -1.97. The molecule has 0 spiro atoms. The molecule has 0 unspecified atom stereocenters. The Hall–Kier alpha value is -1.55. The van der Waals surface area contributed by atoms with Crippen molar-refractivity contribution >= 4 is 27.4 Å². The summed E-state index contributed by atoms with van der Waals surface area (Å²) < 4.78 is 6.23. The standard InChI is InChI=1S/C14H15BrN2O/c1-9-4-5-11(18-3)8-13(9)17-14-7-6-12(15)10(2)16-14/h4-8H,1-3H3,(H,16,17). The van der Waals surface area contributed by atoms with Crippen LogP contribution in [0.15, 0.2) is 34.8 Å². The summed E-state index contributed by atoms with van der Waals surface area (Å²) in [5.74, 6) is 1.66. The number of pyridine rings is 1. The molecule has 0 saturated carbocycles. The summed E-state index contributed by atoms with van der Waals surface area (Å²) in [6.45, 7) is 4.02. The minimum atomic E-state index is 0.826. The van der Waals surface area contributed by atoms with Crippen molar-refractivity contribution in [2.45, 2.75) is 13.8 Å².